The largest absolute Gasteiger partial charge is 0.362 e. The lowest BCUT2D eigenvalue weighted by Gasteiger charge is -2.32. The van der Waals surface area contributed by atoms with E-state index in [-0.39, 0.29) is 24.4 Å². The molecule has 0 spiro atoms. The van der Waals surface area contributed by atoms with Gasteiger partial charge in [0, 0.05) is 23.8 Å². The Kier molecular flexibility index (Phi) is 5.95. The zero-order valence-corrected chi connectivity index (χ0v) is 16.2. The van der Waals surface area contributed by atoms with E-state index in [1.54, 1.807) is 24.3 Å². The molecule has 0 fully saturated rings. The summed E-state index contributed by atoms with van der Waals surface area (Å²) in [5.74, 6) is -0.270. The van der Waals surface area contributed by atoms with Crippen LogP contribution in [0.25, 0.3) is 0 Å². The summed E-state index contributed by atoms with van der Waals surface area (Å²) >= 11 is 0. The molecule has 1 aliphatic heterocycles. The highest BCUT2D eigenvalue weighted by Gasteiger charge is 2.24. The number of hydrogen-bond donors (Lipinski definition) is 2. The van der Waals surface area contributed by atoms with Gasteiger partial charge < -0.3 is 15.5 Å². The summed E-state index contributed by atoms with van der Waals surface area (Å²) in [5, 5.41) is 14.9. The molecule has 1 aliphatic rings. The van der Waals surface area contributed by atoms with Crippen molar-refractivity contribution in [3.63, 3.8) is 0 Å². The van der Waals surface area contributed by atoms with E-state index < -0.39 is 0 Å². The van der Waals surface area contributed by atoms with Gasteiger partial charge in [-0.15, -0.1) is 0 Å². The Morgan fingerprint density at radius 2 is 1.96 bits per heavy atom. The predicted molar refractivity (Wildman–Crippen MR) is 109 cm³/mol. The Hall–Kier alpha value is -3.33. The fourth-order valence-electron chi connectivity index (χ4n) is 3.47. The fraction of sp³-hybridized carbons (Fsp3) is 0.318. The van der Waals surface area contributed by atoms with E-state index in [0.29, 0.717) is 16.8 Å². The lowest BCUT2D eigenvalue weighted by Crippen LogP contribution is -2.38. The van der Waals surface area contributed by atoms with Gasteiger partial charge in [0.25, 0.3) is 5.91 Å². The highest BCUT2D eigenvalue weighted by atomic mass is 16.2. The van der Waals surface area contributed by atoms with Gasteiger partial charge in [0.1, 0.15) is 6.07 Å². The summed E-state index contributed by atoms with van der Waals surface area (Å²) in [6.07, 6.45) is 1.69. The second-order valence-corrected chi connectivity index (χ2v) is 7.16. The van der Waals surface area contributed by atoms with Crippen molar-refractivity contribution in [3.8, 4) is 6.07 Å². The Morgan fingerprint density at radius 1 is 1.18 bits per heavy atom. The molecule has 0 aromatic heterocycles. The molecular weight excluding hydrogens is 352 g/mol. The van der Waals surface area contributed by atoms with Crippen LogP contribution in [-0.4, -0.2) is 30.9 Å². The SMILES string of the molecule is CC(C)NC(=O)c1cccc2c1CCCN2CC(=O)Nc1ccccc1C#N. The molecule has 28 heavy (non-hydrogen) atoms. The molecular formula is C22H24N4O2. The molecule has 0 radical (unpaired) electrons. The Morgan fingerprint density at radius 3 is 2.71 bits per heavy atom. The van der Waals surface area contributed by atoms with Crippen molar-refractivity contribution in [1.29, 1.82) is 5.26 Å². The van der Waals surface area contributed by atoms with E-state index in [4.69, 9.17) is 0 Å². The lowest BCUT2D eigenvalue weighted by atomic mass is 9.95. The smallest absolute Gasteiger partial charge is 0.251 e. The van der Waals surface area contributed by atoms with Crippen molar-refractivity contribution < 1.29 is 9.59 Å². The molecule has 2 aromatic rings. The van der Waals surface area contributed by atoms with Crippen LogP contribution in [0.1, 0.15) is 41.8 Å². The molecule has 1 heterocycles. The molecule has 144 valence electrons. The summed E-state index contributed by atoms with van der Waals surface area (Å²) in [5.41, 5.74) is 3.52. The van der Waals surface area contributed by atoms with Crippen LogP contribution in [0.2, 0.25) is 0 Å². The van der Waals surface area contributed by atoms with Crippen LogP contribution in [-0.2, 0) is 11.2 Å². The predicted octanol–water partition coefficient (Wildman–Crippen LogP) is 3.09. The molecule has 6 heteroatoms. The van der Waals surface area contributed by atoms with E-state index in [1.807, 2.05) is 36.9 Å². The zero-order chi connectivity index (χ0) is 20.1. The van der Waals surface area contributed by atoms with Crippen molar-refractivity contribution in [2.45, 2.75) is 32.7 Å². The van der Waals surface area contributed by atoms with Crippen molar-refractivity contribution in [3.05, 3.63) is 59.2 Å². The maximum absolute atomic E-state index is 12.6. The summed E-state index contributed by atoms with van der Waals surface area (Å²) in [6, 6.07) is 14.7. The first-order valence-electron chi connectivity index (χ1n) is 9.46. The van der Waals surface area contributed by atoms with Crippen LogP contribution in [0.15, 0.2) is 42.5 Å². The molecule has 0 unspecified atom stereocenters. The third-order valence-electron chi connectivity index (χ3n) is 4.67. The summed E-state index contributed by atoms with van der Waals surface area (Å²) < 4.78 is 0. The number of carbonyl (C=O) groups is 2. The summed E-state index contributed by atoms with van der Waals surface area (Å²) in [7, 11) is 0. The Labute approximate surface area is 165 Å². The minimum Gasteiger partial charge on any atom is -0.362 e. The van der Waals surface area contributed by atoms with Crippen molar-refractivity contribution in [2.75, 3.05) is 23.3 Å². The molecule has 0 atom stereocenters. The Balaban J connectivity index is 1.78. The van der Waals surface area contributed by atoms with E-state index in [2.05, 4.69) is 16.7 Å². The molecule has 6 nitrogen and oxygen atoms in total. The summed E-state index contributed by atoms with van der Waals surface area (Å²) in [6.45, 7) is 4.78. The van der Waals surface area contributed by atoms with E-state index in [9.17, 15) is 14.9 Å². The number of rotatable bonds is 5. The van der Waals surface area contributed by atoms with Crippen LogP contribution in [0.4, 0.5) is 11.4 Å². The fourth-order valence-corrected chi connectivity index (χ4v) is 3.47. The number of nitrogens with one attached hydrogen (secondary N) is 2. The second-order valence-electron chi connectivity index (χ2n) is 7.16. The van der Waals surface area contributed by atoms with Crippen LogP contribution in [0.5, 0.6) is 0 Å². The highest BCUT2D eigenvalue weighted by molar-refractivity contribution is 5.99. The lowest BCUT2D eigenvalue weighted by molar-refractivity contribution is -0.115. The molecule has 2 N–H and O–H groups in total. The first kappa shape index (κ1) is 19.4. The summed E-state index contributed by atoms with van der Waals surface area (Å²) in [4.78, 5) is 27.1. The molecule has 0 bridgehead atoms. The van der Waals surface area contributed by atoms with Gasteiger partial charge >= 0.3 is 0 Å². The molecule has 0 saturated heterocycles. The van der Waals surface area contributed by atoms with Gasteiger partial charge in [-0.25, -0.2) is 0 Å². The molecule has 2 amide bonds. The van der Waals surface area contributed by atoms with Crippen LogP contribution < -0.4 is 15.5 Å². The van der Waals surface area contributed by atoms with E-state index in [0.717, 1.165) is 30.6 Å². The van der Waals surface area contributed by atoms with Crippen LogP contribution in [0, 0.1) is 11.3 Å². The number of benzene rings is 2. The number of amides is 2. The minimum atomic E-state index is -0.187. The standard InChI is InChI=1S/C22H24N4O2/c1-15(2)24-22(28)18-8-5-11-20-17(18)9-6-12-26(20)14-21(27)25-19-10-4-3-7-16(19)13-23/h3-5,7-8,10-11,15H,6,9,12,14H2,1-2H3,(H,24,28)(H,25,27). The topological polar surface area (TPSA) is 85.2 Å². The van der Waals surface area contributed by atoms with Crippen molar-refractivity contribution >= 4 is 23.2 Å². The normalized spacial score (nSPS) is 12.9. The van der Waals surface area contributed by atoms with Crippen LogP contribution >= 0.6 is 0 Å². The first-order valence-corrected chi connectivity index (χ1v) is 9.46. The molecule has 3 rings (SSSR count). The maximum atomic E-state index is 12.6. The van der Waals surface area contributed by atoms with Gasteiger partial charge in [-0.05, 0) is 56.5 Å². The third kappa shape index (κ3) is 4.32. The van der Waals surface area contributed by atoms with E-state index in [1.165, 1.54) is 0 Å². The number of nitriles is 1. The van der Waals surface area contributed by atoms with Crippen LogP contribution in [0.3, 0.4) is 0 Å². The average Bonchev–Trinajstić information content (AvgIpc) is 2.67. The van der Waals surface area contributed by atoms with Gasteiger partial charge in [0.05, 0.1) is 17.8 Å². The van der Waals surface area contributed by atoms with Gasteiger partial charge in [0.2, 0.25) is 5.91 Å². The van der Waals surface area contributed by atoms with Gasteiger partial charge in [-0.3, -0.25) is 9.59 Å². The number of hydrogen-bond acceptors (Lipinski definition) is 4. The first-order chi connectivity index (χ1) is 13.5. The van der Waals surface area contributed by atoms with Gasteiger partial charge in [-0.1, -0.05) is 18.2 Å². The van der Waals surface area contributed by atoms with Crippen molar-refractivity contribution in [1.82, 2.24) is 5.32 Å². The monoisotopic (exact) mass is 376 g/mol. The van der Waals surface area contributed by atoms with E-state index >= 15 is 0 Å². The quantitative estimate of drug-likeness (QED) is 0.840. The number of para-hydroxylation sites is 1. The number of fused-ring (bicyclic) bond motifs is 1. The molecule has 0 aliphatic carbocycles. The van der Waals surface area contributed by atoms with Crippen molar-refractivity contribution in [2.24, 2.45) is 0 Å². The molecule has 0 saturated carbocycles. The number of carbonyl (C=O) groups excluding carboxylic acids is 2. The highest BCUT2D eigenvalue weighted by Crippen LogP contribution is 2.30. The Bertz CT molecular complexity index is 930. The number of anilines is 2. The van der Waals surface area contributed by atoms with Gasteiger partial charge in [0.15, 0.2) is 0 Å². The maximum Gasteiger partial charge on any atom is 0.251 e. The minimum absolute atomic E-state index is 0.0639. The third-order valence-corrected chi connectivity index (χ3v) is 4.67. The molecule has 2 aromatic carbocycles. The second kappa shape index (κ2) is 8.57. The van der Waals surface area contributed by atoms with Gasteiger partial charge in [-0.2, -0.15) is 5.26 Å². The average molecular weight is 376 g/mol. The zero-order valence-electron chi connectivity index (χ0n) is 16.2. The number of nitrogens with zero attached hydrogens (tertiary/aromatic N) is 2.